The lowest BCUT2D eigenvalue weighted by Gasteiger charge is -2.16. The zero-order valence-electron chi connectivity index (χ0n) is 8.14. The number of hydrogen-bond donors (Lipinski definition) is 2. The summed E-state index contributed by atoms with van der Waals surface area (Å²) >= 11 is 0. The van der Waals surface area contributed by atoms with Crippen LogP contribution in [0.1, 0.15) is 23.6 Å². The fourth-order valence-electron chi connectivity index (χ4n) is 1.70. The molecular formula is C10H9F3N2O. The Morgan fingerprint density at radius 3 is 2.50 bits per heavy atom. The molecule has 0 aromatic heterocycles. The van der Waals surface area contributed by atoms with Gasteiger partial charge in [-0.1, -0.05) is 18.2 Å². The number of carbonyl (C=O) groups excluding carboxylic acids is 1. The molecule has 1 aliphatic heterocycles. The van der Waals surface area contributed by atoms with Crippen molar-refractivity contribution in [3.8, 4) is 0 Å². The average molecular weight is 230 g/mol. The third-order valence-electron chi connectivity index (χ3n) is 2.42. The quantitative estimate of drug-likeness (QED) is 0.772. The number of amides is 1. The molecule has 0 radical (unpaired) electrons. The molecule has 1 aromatic rings. The van der Waals surface area contributed by atoms with Crippen LogP contribution in [0, 0.1) is 0 Å². The molecule has 1 unspecified atom stereocenters. The van der Waals surface area contributed by atoms with E-state index in [1.54, 1.807) is 0 Å². The van der Waals surface area contributed by atoms with E-state index in [9.17, 15) is 18.0 Å². The average Bonchev–Trinajstić information content (AvgIpc) is 2.64. The topological polar surface area (TPSA) is 41.1 Å². The van der Waals surface area contributed by atoms with E-state index in [2.05, 4.69) is 10.9 Å². The molecule has 16 heavy (non-hydrogen) atoms. The van der Waals surface area contributed by atoms with E-state index in [1.807, 2.05) is 0 Å². The molecule has 3 nitrogen and oxygen atoms in total. The maximum absolute atomic E-state index is 12.7. The van der Waals surface area contributed by atoms with Gasteiger partial charge in [-0.2, -0.15) is 13.2 Å². The molecule has 1 atom stereocenters. The fraction of sp³-hybridized carbons (Fsp3) is 0.300. The number of halogens is 3. The molecule has 1 aliphatic rings. The molecule has 1 amide bonds. The summed E-state index contributed by atoms with van der Waals surface area (Å²) in [6.07, 6.45) is -4.38. The molecule has 0 saturated carbocycles. The highest BCUT2D eigenvalue weighted by Gasteiger charge is 2.36. The summed E-state index contributed by atoms with van der Waals surface area (Å²) in [5, 5.41) is 0. The van der Waals surface area contributed by atoms with Crippen molar-refractivity contribution >= 4 is 5.91 Å². The fourth-order valence-corrected chi connectivity index (χ4v) is 1.70. The molecule has 0 aliphatic carbocycles. The molecule has 2 rings (SSSR count). The van der Waals surface area contributed by atoms with Crippen LogP contribution in [-0.4, -0.2) is 5.91 Å². The second-order valence-corrected chi connectivity index (χ2v) is 3.53. The van der Waals surface area contributed by atoms with Crippen molar-refractivity contribution in [3.63, 3.8) is 0 Å². The largest absolute Gasteiger partial charge is 0.416 e. The van der Waals surface area contributed by atoms with Crippen molar-refractivity contribution in [2.45, 2.75) is 18.6 Å². The van der Waals surface area contributed by atoms with Crippen LogP contribution in [0.25, 0.3) is 0 Å². The molecule has 1 aromatic carbocycles. The Kier molecular flexibility index (Phi) is 2.59. The maximum atomic E-state index is 12.7. The Labute approximate surface area is 89.6 Å². The zero-order valence-corrected chi connectivity index (χ0v) is 8.14. The number of alkyl halides is 3. The first-order valence-corrected chi connectivity index (χ1v) is 4.69. The zero-order chi connectivity index (χ0) is 11.8. The molecule has 6 heteroatoms. The van der Waals surface area contributed by atoms with Crippen LogP contribution in [0.5, 0.6) is 0 Å². The lowest BCUT2D eigenvalue weighted by Crippen LogP contribution is -2.28. The van der Waals surface area contributed by atoms with Gasteiger partial charge in [0.05, 0.1) is 11.6 Å². The second kappa shape index (κ2) is 3.79. The third kappa shape index (κ3) is 2.01. The first-order valence-electron chi connectivity index (χ1n) is 4.69. The van der Waals surface area contributed by atoms with Crippen LogP contribution in [0.15, 0.2) is 24.3 Å². The summed E-state index contributed by atoms with van der Waals surface area (Å²) in [5.74, 6) is -0.304. The van der Waals surface area contributed by atoms with Gasteiger partial charge >= 0.3 is 6.18 Å². The molecule has 2 N–H and O–H groups in total. The molecule has 0 spiro atoms. The number of rotatable bonds is 1. The van der Waals surface area contributed by atoms with Gasteiger partial charge < -0.3 is 0 Å². The number of hydrazine groups is 1. The van der Waals surface area contributed by atoms with E-state index in [-0.39, 0.29) is 17.9 Å². The van der Waals surface area contributed by atoms with Crippen LogP contribution in [0.4, 0.5) is 13.2 Å². The van der Waals surface area contributed by atoms with E-state index in [1.165, 1.54) is 18.2 Å². The number of carbonyl (C=O) groups is 1. The monoisotopic (exact) mass is 230 g/mol. The summed E-state index contributed by atoms with van der Waals surface area (Å²) in [4.78, 5) is 10.9. The molecule has 0 bridgehead atoms. The van der Waals surface area contributed by atoms with Gasteiger partial charge in [0.25, 0.3) is 0 Å². The van der Waals surface area contributed by atoms with Crippen molar-refractivity contribution < 1.29 is 18.0 Å². The molecule has 86 valence electrons. The summed E-state index contributed by atoms with van der Waals surface area (Å²) in [6, 6.07) is 4.62. The van der Waals surface area contributed by atoms with Crippen LogP contribution in [-0.2, 0) is 11.0 Å². The van der Waals surface area contributed by atoms with Gasteiger partial charge in [-0.15, -0.1) is 0 Å². The van der Waals surface area contributed by atoms with E-state index in [0.29, 0.717) is 0 Å². The van der Waals surface area contributed by atoms with E-state index in [0.717, 1.165) is 6.07 Å². The Morgan fingerprint density at radius 1 is 1.25 bits per heavy atom. The van der Waals surface area contributed by atoms with Gasteiger partial charge in [0.1, 0.15) is 0 Å². The van der Waals surface area contributed by atoms with Gasteiger partial charge in [0.2, 0.25) is 5.91 Å². The Balaban J connectivity index is 2.37. The van der Waals surface area contributed by atoms with Crippen LogP contribution >= 0.6 is 0 Å². The van der Waals surface area contributed by atoms with Crippen LogP contribution < -0.4 is 10.9 Å². The van der Waals surface area contributed by atoms with Gasteiger partial charge in [-0.25, -0.2) is 5.43 Å². The standard InChI is InChI=1S/C10H9F3N2O/c11-10(12,13)7-4-2-1-3-6(7)8-5-9(16)15-14-8/h1-4,8,14H,5H2,(H,15,16). The predicted octanol–water partition coefficient (Wildman–Crippen LogP) is 1.77. The minimum Gasteiger partial charge on any atom is -0.291 e. The molecule has 1 fully saturated rings. The highest BCUT2D eigenvalue weighted by Crippen LogP contribution is 2.35. The minimum absolute atomic E-state index is 0.0209. The highest BCUT2D eigenvalue weighted by molar-refractivity contribution is 5.78. The molecule has 1 heterocycles. The van der Waals surface area contributed by atoms with Gasteiger partial charge in [0.15, 0.2) is 0 Å². The van der Waals surface area contributed by atoms with E-state index < -0.39 is 17.8 Å². The van der Waals surface area contributed by atoms with Crippen molar-refractivity contribution in [1.82, 2.24) is 10.9 Å². The Bertz CT molecular complexity index is 417. The summed E-state index contributed by atoms with van der Waals surface area (Å²) in [7, 11) is 0. The van der Waals surface area contributed by atoms with Crippen LogP contribution in [0.2, 0.25) is 0 Å². The minimum atomic E-state index is -4.40. The summed E-state index contributed by atoms with van der Waals surface area (Å²) in [6.45, 7) is 0. The second-order valence-electron chi connectivity index (χ2n) is 3.53. The van der Waals surface area contributed by atoms with Gasteiger partial charge in [-0.3, -0.25) is 10.2 Å². The Morgan fingerprint density at radius 2 is 1.94 bits per heavy atom. The SMILES string of the molecule is O=C1CC(c2ccccc2C(F)(F)F)NN1. The Hall–Kier alpha value is -1.56. The van der Waals surface area contributed by atoms with Crippen LogP contribution in [0.3, 0.4) is 0 Å². The van der Waals surface area contributed by atoms with Crippen molar-refractivity contribution in [3.05, 3.63) is 35.4 Å². The van der Waals surface area contributed by atoms with E-state index in [4.69, 9.17) is 0 Å². The third-order valence-corrected chi connectivity index (χ3v) is 2.42. The van der Waals surface area contributed by atoms with Crippen molar-refractivity contribution in [1.29, 1.82) is 0 Å². The first kappa shape index (κ1) is 10.9. The highest BCUT2D eigenvalue weighted by atomic mass is 19.4. The van der Waals surface area contributed by atoms with Crippen molar-refractivity contribution in [2.24, 2.45) is 0 Å². The molecule has 1 saturated heterocycles. The predicted molar refractivity (Wildman–Crippen MR) is 50.1 cm³/mol. The van der Waals surface area contributed by atoms with Gasteiger partial charge in [0, 0.05) is 6.42 Å². The number of nitrogens with one attached hydrogen (secondary N) is 2. The smallest absolute Gasteiger partial charge is 0.291 e. The maximum Gasteiger partial charge on any atom is 0.416 e. The summed E-state index contributed by atoms with van der Waals surface area (Å²) in [5.41, 5.74) is 4.21. The lowest BCUT2D eigenvalue weighted by atomic mass is 9.99. The molecular weight excluding hydrogens is 221 g/mol. The number of hydrogen-bond acceptors (Lipinski definition) is 2. The normalized spacial score (nSPS) is 20.9. The van der Waals surface area contributed by atoms with E-state index >= 15 is 0 Å². The number of benzene rings is 1. The van der Waals surface area contributed by atoms with Gasteiger partial charge in [-0.05, 0) is 11.6 Å². The van der Waals surface area contributed by atoms with Crippen molar-refractivity contribution in [2.75, 3.05) is 0 Å². The summed E-state index contributed by atoms with van der Waals surface area (Å²) < 4.78 is 38.0. The first-order chi connectivity index (χ1) is 7.48. The lowest BCUT2D eigenvalue weighted by molar-refractivity contribution is -0.138.